The summed E-state index contributed by atoms with van der Waals surface area (Å²) in [6.07, 6.45) is 3.35. The number of hydrogen-bond donors (Lipinski definition) is 2. The summed E-state index contributed by atoms with van der Waals surface area (Å²) >= 11 is 2.26. The zero-order valence-electron chi connectivity index (χ0n) is 11.9. The number of halogens is 2. The van der Waals surface area contributed by atoms with E-state index in [4.69, 9.17) is 4.74 Å². The van der Waals surface area contributed by atoms with Crippen molar-refractivity contribution in [3.8, 4) is 5.75 Å². The average Bonchev–Trinajstić information content (AvgIpc) is 2.46. The Morgan fingerprint density at radius 1 is 1.29 bits per heavy atom. The van der Waals surface area contributed by atoms with Gasteiger partial charge in [0.25, 0.3) is 0 Å². The Kier molecular flexibility index (Phi) is 9.03. The van der Waals surface area contributed by atoms with Crippen molar-refractivity contribution in [2.24, 2.45) is 0 Å². The SMILES string of the molecule is Cl.O=C(CCCOc1ccc(I)cc1)NC1CCNCC1. The smallest absolute Gasteiger partial charge is 0.220 e. The lowest BCUT2D eigenvalue weighted by atomic mass is 10.1. The van der Waals surface area contributed by atoms with Crippen LogP contribution in [0, 0.1) is 3.57 Å². The van der Waals surface area contributed by atoms with E-state index in [2.05, 4.69) is 33.2 Å². The first-order valence-corrected chi connectivity index (χ1v) is 8.20. The minimum Gasteiger partial charge on any atom is -0.494 e. The second kappa shape index (κ2) is 10.2. The minimum absolute atomic E-state index is 0. The summed E-state index contributed by atoms with van der Waals surface area (Å²) in [6, 6.07) is 8.29. The van der Waals surface area contributed by atoms with Crippen LogP contribution in [0.3, 0.4) is 0 Å². The van der Waals surface area contributed by atoms with Crippen LogP contribution in [-0.2, 0) is 4.79 Å². The Hall–Kier alpha value is -0.530. The van der Waals surface area contributed by atoms with Crippen molar-refractivity contribution in [3.05, 3.63) is 27.8 Å². The van der Waals surface area contributed by atoms with Gasteiger partial charge in [0.05, 0.1) is 6.61 Å². The van der Waals surface area contributed by atoms with E-state index in [9.17, 15) is 4.79 Å². The van der Waals surface area contributed by atoms with Gasteiger partial charge in [-0.1, -0.05) is 0 Å². The molecule has 2 rings (SSSR count). The molecule has 1 aliphatic heterocycles. The highest BCUT2D eigenvalue weighted by Gasteiger charge is 2.14. The first kappa shape index (κ1) is 18.5. The number of piperidine rings is 1. The van der Waals surface area contributed by atoms with Crippen molar-refractivity contribution in [2.75, 3.05) is 19.7 Å². The van der Waals surface area contributed by atoms with Gasteiger partial charge in [-0.15, -0.1) is 12.4 Å². The molecule has 0 radical (unpaired) electrons. The van der Waals surface area contributed by atoms with Gasteiger partial charge in [0, 0.05) is 16.0 Å². The summed E-state index contributed by atoms with van der Waals surface area (Å²) in [4.78, 5) is 11.8. The second-order valence-corrected chi connectivity index (χ2v) is 6.24. The molecule has 0 aliphatic carbocycles. The van der Waals surface area contributed by atoms with Crippen molar-refractivity contribution < 1.29 is 9.53 Å². The summed E-state index contributed by atoms with van der Waals surface area (Å²) in [5, 5.41) is 6.38. The maximum Gasteiger partial charge on any atom is 0.220 e. The maximum atomic E-state index is 11.8. The van der Waals surface area contributed by atoms with Crippen LogP contribution in [0.2, 0.25) is 0 Å². The molecule has 21 heavy (non-hydrogen) atoms. The van der Waals surface area contributed by atoms with E-state index in [-0.39, 0.29) is 18.3 Å². The molecule has 0 atom stereocenters. The molecule has 0 unspecified atom stereocenters. The Labute approximate surface area is 145 Å². The maximum absolute atomic E-state index is 11.8. The first-order valence-electron chi connectivity index (χ1n) is 7.12. The van der Waals surface area contributed by atoms with Gasteiger partial charge >= 0.3 is 0 Å². The Morgan fingerprint density at radius 2 is 1.95 bits per heavy atom. The van der Waals surface area contributed by atoms with Crippen LogP contribution in [0.5, 0.6) is 5.75 Å². The fourth-order valence-corrected chi connectivity index (χ4v) is 2.58. The number of carbonyl (C=O) groups is 1. The first-order chi connectivity index (χ1) is 9.74. The lowest BCUT2D eigenvalue weighted by Crippen LogP contribution is -2.42. The predicted octanol–water partition coefficient (Wildman–Crippen LogP) is 2.74. The predicted molar refractivity (Wildman–Crippen MR) is 95.2 cm³/mol. The van der Waals surface area contributed by atoms with Crippen LogP contribution in [0.1, 0.15) is 25.7 Å². The second-order valence-electron chi connectivity index (χ2n) is 5.00. The monoisotopic (exact) mass is 424 g/mol. The summed E-state index contributed by atoms with van der Waals surface area (Å²) < 4.78 is 6.80. The summed E-state index contributed by atoms with van der Waals surface area (Å²) in [5.74, 6) is 1.01. The topological polar surface area (TPSA) is 50.4 Å². The van der Waals surface area contributed by atoms with E-state index in [0.717, 1.165) is 38.1 Å². The van der Waals surface area contributed by atoms with Gasteiger partial charge in [0.2, 0.25) is 5.91 Å². The molecule has 4 nitrogen and oxygen atoms in total. The molecule has 0 spiro atoms. The number of carbonyl (C=O) groups excluding carboxylic acids is 1. The van der Waals surface area contributed by atoms with E-state index in [1.54, 1.807) is 0 Å². The van der Waals surface area contributed by atoms with Gasteiger partial charge in [-0.25, -0.2) is 0 Å². The molecule has 1 saturated heterocycles. The summed E-state index contributed by atoms with van der Waals surface area (Å²) in [6.45, 7) is 2.59. The lowest BCUT2D eigenvalue weighted by molar-refractivity contribution is -0.122. The number of benzene rings is 1. The fraction of sp³-hybridized carbons (Fsp3) is 0.533. The normalized spacial score (nSPS) is 15.1. The van der Waals surface area contributed by atoms with Crippen LogP contribution in [0.25, 0.3) is 0 Å². The molecule has 2 N–H and O–H groups in total. The van der Waals surface area contributed by atoms with Crippen LogP contribution >= 0.6 is 35.0 Å². The zero-order chi connectivity index (χ0) is 14.2. The van der Waals surface area contributed by atoms with Crippen molar-refractivity contribution in [1.29, 1.82) is 0 Å². The lowest BCUT2D eigenvalue weighted by Gasteiger charge is -2.23. The fourth-order valence-electron chi connectivity index (χ4n) is 2.22. The van der Waals surface area contributed by atoms with Gasteiger partial charge in [0.15, 0.2) is 0 Å². The standard InChI is InChI=1S/C15H21IN2O2.ClH/c16-12-3-5-14(6-4-12)20-11-1-2-15(19)18-13-7-9-17-10-8-13;/h3-6,13,17H,1-2,7-11H2,(H,18,19);1H. The van der Waals surface area contributed by atoms with Gasteiger partial charge < -0.3 is 15.4 Å². The largest absolute Gasteiger partial charge is 0.494 e. The highest BCUT2D eigenvalue weighted by molar-refractivity contribution is 14.1. The van der Waals surface area contributed by atoms with Crippen LogP contribution in [-0.4, -0.2) is 31.6 Å². The number of hydrogen-bond acceptors (Lipinski definition) is 3. The van der Waals surface area contributed by atoms with Crippen molar-refractivity contribution in [1.82, 2.24) is 10.6 Å². The van der Waals surface area contributed by atoms with Gasteiger partial charge in [-0.05, 0) is 79.2 Å². The van der Waals surface area contributed by atoms with Crippen molar-refractivity contribution in [3.63, 3.8) is 0 Å². The minimum atomic E-state index is 0. The van der Waals surface area contributed by atoms with Crippen LogP contribution in [0.15, 0.2) is 24.3 Å². The van der Waals surface area contributed by atoms with E-state index in [1.807, 2.05) is 24.3 Å². The third-order valence-electron chi connectivity index (χ3n) is 3.33. The van der Waals surface area contributed by atoms with E-state index in [1.165, 1.54) is 3.57 Å². The van der Waals surface area contributed by atoms with Crippen molar-refractivity contribution in [2.45, 2.75) is 31.7 Å². The highest BCUT2D eigenvalue weighted by atomic mass is 127. The van der Waals surface area contributed by atoms with E-state index in [0.29, 0.717) is 19.1 Å². The molecule has 6 heteroatoms. The van der Waals surface area contributed by atoms with Crippen LogP contribution in [0.4, 0.5) is 0 Å². The Bertz CT molecular complexity index is 422. The molecule has 1 amide bonds. The third-order valence-corrected chi connectivity index (χ3v) is 4.05. The number of amides is 1. The van der Waals surface area contributed by atoms with Crippen molar-refractivity contribution >= 4 is 40.9 Å². The summed E-state index contributed by atoms with van der Waals surface area (Å²) in [5.41, 5.74) is 0. The van der Waals surface area contributed by atoms with Gasteiger partial charge in [-0.2, -0.15) is 0 Å². The molecular weight excluding hydrogens is 403 g/mol. The molecule has 1 heterocycles. The van der Waals surface area contributed by atoms with E-state index < -0.39 is 0 Å². The Balaban J connectivity index is 0.00000220. The van der Waals surface area contributed by atoms with Gasteiger partial charge in [-0.3, -0.25) is 4.79 Å². The molecular formula is C15H22ClIN2O2. The van der Waals surface area contributed by atoms with Crippen LogP contribution < -0.4 is 15.4 Å². The summed E-state index contributed by atoms with van der Waals surface area (Å²) in [7, 11) is 0. The number of ether oxygens (including phenoxy) is 1. The molecule has 0 saturated carbocycles. The molecule has 1 aromatic rings. The highest BCUT2D eigenvalue weighted by Crippen LogP contribution is 2.13. The quantitative estimate of drug-likeness (QED) is 0.545. The molecule has 1 aliphatic rings. The number of nitrogens with one attached hydrogen (secondary N) is 2. The average molecular weight is 425 g/mol. The number of rotatable bonds is 6. The molecule has 0 aromatic heterocycles. The van der Waals surface area contributed by atoms with Gasteiger partial charge in [0.1, 0.15) is 5.75 Å². The Morgan fingerprint density at radius 3 is 2.62 bits per heavy atom. The molecule has 0 bridgehead atoms. The van der Waals surface area contributed by atoms with E-state index >= 15 is 0 Å². The molecule has 1 fully saturated rings. The third kappa shape index (κ3) is 7.33. The zero-order valence-corrected chi connectivity index (χ0v) is 14.9. The molecule has 1 aromatic carbocycles. The molecule has 118 valence electrons.